The van der Waals surface area contributed by atoms with Crippen molar-refractivity contribution in [1.29, 1.82) is 0 Å². The number of hydrogen-bond acceptors (Lipinski definition) is 2. The SMILES string of the molecule is CCCN(Cc1ccccc1)C(CN)c1ccccc1Cl. The Morgan fingerprint density at radius 3 is 2.33 bits per heavy atom. The molecule has 0 radical (unpaired) electrons. The summed E-state index contributed by atoms with van der Waals surface area (Å²) in [6.07, 6.45) is 1.09. The fourth-order valence-electron chi connectivity index (χ4n) is 2.67. The van der Waals surface area contributed by atoms with E-state index in [1.54, 1.807) is 0 Å². The Kier molecular flexibility index (Phi) is 6.24. The molecule has 0 bridgehead atoms. The molecule has 2 aromatic rings. The van der Waals surface area contributed by atoms with Crippen molar-refractivity contribution in [2.75, 3.05) is 13.1 Å². The highest BCUT2D eigenvalue weighted by Gasteiger charge is 2.20. The maximum absolute atomic E-state index is 6.36. The van der Waals surface area contributed by atoms with Crippen LogP contribution in [0.15, 0.2) is 54.6 Å². The number of halogens is 1. The molecule has 0 aliphatic carbocycles. The fraction of sp³-hybridized carbons (Fsp3) is 0.333. The van der Waals surface area contributed by atoms with Crippen LogP contribution >= 0.6 is 11.6 Å². The number of rotatable bonds is 7. The highest BCUT2D eigenvalue weighted by atomic mass is 35.5. The summed E-state index contributed by atoms with van der Waals surface area (Å²) in [7, 11) is 0. The van der Waals surface area contributed by atoms with Gasteiger partial charge in [0.25, 0.3) is 0 Å². The van der Waals surface area contributed by atoms with Gasteiger partial charge in [0.1, 0.15) is 0 Å². The minimum Gasteiger partial charge on any atom is -0.329 e. The molecule has 0 saturated heterocycles. The van der Waals surface area contributed by atoms with Gasteiger partial charge >= 0.3 is 0 Å². The van der Waals surface area contributed by atoms with Gasteiger partial charge in [0.2, 0.25) is 0 Å². The zero-order valence-corrected chi connectivity index (χ0v) is 13.3. The Bertz CT molecular complexity index is 542. The first-order valence-electron chi connectivity index (χ1n) is 7.48. The summed E-state index contributed by atoms with van der Waals surface area (Å²) >= 11 is 6.36. The second-order valence-electron chi connectivity index (χ2n) is 5.23. The first-order chi connectivity index (χ1) is 10.3. The van der Waals surface area contributed by atoms with Gasteiger partial charge in [0, 0.05) is 24.2 Å². The molecular weight excluding hydrogens is 280 g/mol. The van der Waals surface area contributed by atoms with E-state index in [4.69, 9.17) is 17.3 Å². The molecule has 0 aromatic heterocycles. The number of benzene rings is 2. The molecular formula is C18H23ClN2. The van der Waals surface area contributed by atoms with Crippen molar-refractivity contribution in [3.63, 3.8) is 0 Å². The average Bonchev–Trinajstić information content (AvgIpc) is 2.51. The lowest BCUT2D eigenvalue weighted by Gasteiger charge is -2.31. The summed E-state index contributed by atoms with van der Waals surface area (Å²) in [6.45, 7) is 4.65. The second-order valence-corrected chi connectivity index (χ2v) is 5.64. The van der Waals surface area contributed by atoms with Gasteiger partial charge in [-0.05, 0) is 30.2 Å². The van der Waals surface area contributed by atoms with Crippen molar-refractivity contribution in [1.82, 2.24) is 4.90 Å². The standard InChI is InChI=1S/C18H23ClN2/c1-2-12-21(14-15-8-4-3-5-9-15)18(13-20)16-10-6-7-11-17(16)19/h3-11,18H,2,12-14,20H2,1H3. The first-order valence-corrected chi connectivity index (χ1v) is 7.86. The molecule has 1 atom stereocenters. The van der Waals surface area contributed by atoms with Gasteiger partial charge < -0.3 is 5.73 Å². The lowest BCUT2D eigenvalue weighted by molar-refractivity contribution is 0.193. The van der Waals surface area contributed by atoms with E-state index in [2.05, 4.69) is 42.2 Å². The van der Waals surface area contributed by atoms with Crippen LogP contribution in [0.25, 0.3) is 0 Å². The van der Waals surface area contributed by atoms with E-state index < -0.39 is 0 Å². The molecule has 112 valence electrons. The van der Waals surface area contributed by atoms with E-state index in [0.29, 0.717) is 6.54 Å². The third-order valence-electron chi connectivity index (χ3n) is 3.67. The maximum atomic E-state index is 6.36. The molecule has 21 heavy (non-hydrogen) atoms. The molecule has 2 nitrogen and oxygen atoms in total. The largest absolute Gasteiger partial charge is 0.329 e. The van der Waals surface area contributed by atoms with E-state index in [9.17, 15) is 0 Å². The summed E-state index contributed by atoms with van der Waals surface area (Å²) in [5.41, 5.74) is 8.48. The molecule has 0 spiro atoms. The average molecular weight is 303 g/mol. The van der Waals surface area contributed by atoms with Crippen LogP contribution in [-0.4, -0.2) is 18.0 Å². The van der Waals surface area contributed by atoms with E-state index >= 15 is 0 Å². The summed E-state index contributed by atoms with van der Waals surface area (Å²) in [5, 5.41) is 0.794. The smallest absolute Gasteiger partial charge is 0.0488 e. The summed E-state index contributed by atoms with van der Waals surface area (Å²) in [4.78, 5) is 2.41. The zero-order valence-electron chi connectivity index (χ0n) is 12.5. The van der Waals surface area contributed by atoms with Gasteiger partial charge in [-0.1, -0.05) is 67.1 Å². The van der Waals surface area contributed by atoms with Crippen molar-refractivity contribution >= 4 is 11.6 Å². The van der Waals surface area contributed by atoms with E-state index in [0.717, 1.165) is 30.1 Å². The van der Waals surface area contributed by atoms with Crippen LogP contribution in [0.3, 0.4) is 0 Å². The molecule has 3 heteroatoms. The molecule has 2 rings (SSSR count). The van der Waals surface area contributed by atoms with Gasteiger partial charge in [0.15, 0.2) is 0 Å². The third-order valence-corrected chi connectivity index (χ3v) is 4.01. The normalized spacial score (nSPS) is 12.6. The monoisotopic (exact) mass is 302 g/mol. The minimum absolute atomic E-state index is 0.152. The fourth-order valence-corrected chi connectivity index (χ4v) is 2.93. The van der Waals surface area contributed by atoms with Crippen LogP contribution in [0.1, 0.15) is 30.5 Å². The van der Waals surface area contributed by atoms with Gasteiger partial charge in [-0.25, -0.2) is 0 Å². The molecule has 0 aliphatic heterocycles. The second kappa shape index (κ2) is 8.18. The van der Waals surface area contributed by atoms with Crippen LogP contribution in [0, 0.1) is 0 Å². The lowest BCUT2D eigenvalue weighted by Crippen LogP contribution is -2.34. The molecule has 0 amide bonds. The summed E-state index contributed by atoms with van der Waals surface area (Å²) < 4.78 is 0. The van der Waals surface area contributed by atoms with E-state index in [1.165, 1.54) is 5.56 Å². The number of nitrogens with zero attached hydrogens (tertiary/aromatic N) is 1. The molecule has 2 aromatic carbocycles. The van der Waals surface area contributed by atoms with Crippen molar-refractivity contribution in [2.45, 2.75) is 25.9 Å². The number of nitrogens with two attached hydrogens (primary N) is 1. The van der Waals surface area contributed by atoms with Gasteiger partial charge in [0.05, 0.1) is 0 Å². The summed E-state index contributed by atoms with van der Waals surface area (Å²) in [5.74, 6) is 0. The van der Waals surface area contributed by atoms with Crippen molar-refractivity contribution in [3.05, 3.63) is 70.7 Å². The lowest BCUT2D eigenvalue weighted by atomic mass is 10.0. The van der Waals surface area contributed by atoms with Crippen molar-refractivity contribution in [2.24, 2.45) is 5.73 Å². The Morgan fingerprint density at radius 2 is 1.71 bits per heavy atom. The zero-order chi connectivity index (χ0) is 15.1. The van der Waals surface area contributed by atoms with Gasteiger partial charge in [-0.2, -0.15) is 0 Å². The molecule has 0 aliphatic rings. The molecule has 0 fully saturated rings. The van der Waals surface area contributed by atoms with Crippen molar-refractivity contribution in [3.8, 4) is 0 Å². The van der Waals surface area contributed by atoms with Gasteiger partial charge in [-0.3, -0.25) is 4.90 Å². The van der Waals surface area contributed by atoms with Crippen LogP contribution in [-0.2, 0) is 6.54 Å². The third kappa shape index (κ3) is 4.31. The molecule has 2 N–H and O–H groups in total. The quantitative estimate of drug-likeness (QED) is 0.828. The Hall–Kier alpha value is -1.35. The topological polar surface area (TPSA) is 29.3 Å². The highest BCUT2D eigenvalue weighted by Crippen LogP contribution is 2.28. The predicted octanol–water partition coefficient (Wildman–Crippen LogP) is 4.25. The van der Waals surface area contributed by atoms with Crippen molar-refractivity contribution < 1.29 is 0 Å². The minimum atomic E-state index is 0.152. The molecule has 0 heterocycles. The Labute approximate surface area is 132 Å². The number of hydrogen-bond donors (Lipinski definition) is 1. The highest BCUT2D eigenvalue weighted by molar-refractivity contribution is 6.31. The predicted molar refractivity (Wildman–Crippen MR) is 90.4 cm³/mol. The Balaban J connectivity index is 2.24. The Morgan fingerprint density at radius 1 is 1.05 bits per heavy atom. The summed E-state index contributed by atoms with van der Waals surface area (Å²) in [6, 6.07) is 18.7. The first kappa shape index (κ1) is 16.0. The van der Waals surface area contributed by atoms with E-state index in [1.807, 2.05) is 24.3 Å². The van der Waals surface area contributed by atoms with Crippen LogP contribution < -0.4 is 5.73 Å². The molecule has 1 unspecified atom stereocenters. The maximum Gasteiger partial charge on any atom is 0.0488 e. The van der Waals surface area contributed by atoms with Crippen LogP contribution in [0.2, 0.25) is 5.02 Å². The molecule has 0 saturated carbocycles. The van der Waals surface area contributed by atoms with E-state index in [-0.39, 0.29) is 6.04 Å². The van der Waals surface area contributed by atoms with Crippen LogP contribution in [0.4, 0.5) is 0 Å². The van der Waals surface area contributed by atoms with Crippen LogP contribution in [0.5, 0.6) is 0 Å². The van der Waals surface area contributed by atoms with Gasteiger partial charge in [-0.15, -0.1) is 0 Å².